The summed E-state index contributed by atoms with van der Waals surface area (Å²) < 4.78 is 0. The Bertz CT molecular complexity index is 973. The number of hydrogen-bond acceptors (Lipinski definition) is 2. The van der Waals surface area contributed by atoms with Gasteiger partial charge in [-0.25, -0.2) is 0 Å². The van der Waals surface area contributed by atoms with Crippen molar-refractivity contribution in [3.8, 4) is 0 Å². The standard InChI is InChI=1S/C22H20N2O2/c1-15-7-5-6-10-17(15)21(25)18-13-23-19-11-12-24(22(26)20(18)19)14-16-8-3-2-4-9-16/h2-10,13,23H,11-12,14H2,1H3. The number of rotatable bonds is 4. The van der Waals surface area contributed by atoms with Gasteiger partial charge in [-0.2, -0.15) is 0 Å². The molecule has 4 rings (SSSR count). The SMILES string of the molecule is Cc1ccccc1C(=O)c1c[nH]c2c1C(=O)N(Cc1ccccc1)CC2. The smallest absolute Gasteiger partial charge is 0.256 e. The number of carbonyl (C=O) groups excluding carboxylic acids is 2. The minimum atomic E-state index is -0.101. The fourth-order valence-electron chi connectivity index (χ4n) is 3.52. The van der Waals surface area contributed by atoms with Crippen molar-refractivity contribution in [3.05, 3.63) is 94.3 Å². The number of H-pyrrole nitrogens is 1. The van der Waals surface area contributed by atoms with Crippen LogP contribution in [0, 0.1) is 6.92 Å². The molecule has 0 aliphatic carbocycles. The number of amides is 1. The number of aromatic amines is 1. The number of aromatic nitrogens is 1. The maximum absolute atomic E-state index is 13.1. The highest BCUT2D eigenvalue weighted by Gasteiger charge is 2.31. The first-order valence-corrected chi connectivity index (χ1v) is 8.79. The molecule has 2 heterocycles. The van der Waals surface area contributed by atoms with Crippen LogP contribution in [0.15, 0.2) is 60.8 Å². The minimum Gasteiger partial charge on any atom is -0.364 e. The summed E-state index contributed by atoms with van der Waals surface area (Å²) in [6.07, 6.45) is 2.41. The molecule has 1 aromatic heterocycles. The Morgan fingerprint density at radius 3 is 2.54 bits per heavy atom. The Labute approximate surface area is 152 Å². The van der Waals surface area contributed by atoms with Gasteiger partial charge >= 0.3 is 0 Å². The van der Waals surface area contributed by atoms with E-state index in [0.717, 1.165) is 23.2 Å². The van der Waals surface area contributed by atoms with Gasteiger partial charge in [0.25, 0.3) is 5.91 Å². The number of nitrogens with zero attached hydrogens (tertiary/aromatic N) is 1. The van der Waals surface area contributed by atoms with Crippen molar-refractivity contribution in [1.82, 2.24) is 9.88 Å². The van der Waals surface area contributed by atoms with Gasteiger partial charge in [-0.3, -0.25) is 9.59 Å². The molecule has 1 aliphatic rings. The van der Waals surface area contributed by atoms with Crippen molar-refractivity contribution >= 4 is 11.7 Å². The zero-order valence-electron chi connectivity index (χ0n) is 14.7. The zero-order chi connectivity index (χ0) is 18.1. The summed E-state index contributed by atoms with van der Waals surface area (Å²) in [5.74, 6) is -0.177. The number of benzene rings is 2. The Kier molecular flexibility index (Phi) is 4.17. The van der Waals surface area contributed by atoms with Crippen LogP contribution in [0.5, 0.6) is 0 Å². The van der Waals surface area contributed by atoms with E-state index in [-0.39, 0.29) is 11.7 Å². The van der Waals surface area contributed by atoms with Gasteiger partial charge < -0.3 is 9.88 Å². The lowest BCUT2D eigenvalue weighted by molar-refractivity contribution is 0.0722. The first-order chi connectivity index (χ1) is 12.6. The summed E-state index contributed by atoms with van der Waals surface area (Å²) in [5.41, 5.74) is 4.50. The van der Waals surface area contributed by atoms with Crippen molar-refractivity contribution in [1.29, 1.82) is 0 Å². The zero-order valence-corrected chi connectivity index (χ0v) is 14.7. The summed E-state index contributed by atoms with van der Waals surface area (Å²) in [5, 5.41) is 0. The van der Waals surface area contributed by atoms with Crippen molar-refractivity contribution in [2.45, 2.75) is 19.9 Å². The van der Waals surface area contributed by atoms with Gasteiger partial charge in [0.15, 0.2) is 5.78 Å². The molecule has 1 amide bonds. The van der Waals surface area contributed by atoms with Crippen LogP contribution in [0.1, 0.15) is 43.1 Å². The molecule has 0 radical (unpaired) electrons. The van der Waals surface area contributed by atoms with E-state index in [1.165, 1.54) is 0 Å². The molecule has 0 saturated carbocycles. The predicted molar refractivity (Wildman–Crippen MR) is 100 cm³/mol. The highest BCUT2D eigenvalue weighted by Crippen LogP contribution is 2.26. The Hall–Kier alpha value is -3.14. The van der Waals surface area contributed by atoms with Gasteiger partial charge in [0, 0.05) is 37.0 Å². The molecule has 4 nitrogen and oxygen atoms in total. The molecule has 0 unspecified atom stereocenters. The first kappa shape index (κ1) is 16.3. The molecule has 3 aromatic rings. The molecule has 0 bridgehead atoms. The fourth-order valence-corrected chi connectivity index (χ4v) is 3.52. The number of carbonyl (C=O) groups is 2. The fraction of sp³-hybridized carbons (Fsp3) is 0.182. The quantitative estimate of drug-likeness (QED) is 0.733. The number of fused-ring (bicyclic) bond motifs is 1. The lowest BCUT2D eigenvalue weighted by atomic mass is 9.95. The Morgan fingerprint density at radius 1 is 1.04 bits per heavy atom. The highest BCUT2D eigenvalue weighted by atomic mass is 16.2. The Balaban J connectivity index is 1.66. The highest BCUT2D eigenvalue weighted by molar-refractivity contribution is 6.16. The molecule has 1 N–H and O–H groups in total. The number of nitrogens with one attached hydrogen (secondary N) is 1. The van der Waals surface area contributed by atoms with E-state index in [4.69, 9.17) is 0 Å². The van der Waals surface area contributed by atoms with Gasteiger partial charge in [0.05, 0.1) is 11.1 Å². The molecule has 0 saturated heterocycles. The molecule has 26 heavy (non-hydrogen) atoms. The van der Waals surface area contributed by atoms with Gasteiger partial charge in [0.1, 0.15) is 0 Å². The van der Waals surface area contributed by atoms with E-state index in [1.807, 2.05) is 66.4 Å². The molecule has 4 heteroatoms. The second kappa shape index (κ2) is 6.64. The molecule has 130 valence electrons. The van der Waals surface area contributed by atoms with Crippen LogP contribution < -0.4 is 0 Å². The van der Waals surface area contributed by atoms with Gasteiger partial charge in [-0.1, -0.05) is 54.6 Å². The normalized spacial score (nSPS) is 13.6. The van der Waals surface area contributed by atoms with Crippen LogP contribution in [0.4, 0.5) is 0 Å². The summed E-state index contributed by atoms with van der Waals surface area (Å²) in [6.45, 7) is 3.12. The molecule has 1 aliphatic heterocycles. The van der Waals surface area contributed by atoms with Crippen LogP contribution >= 0.6 is 0 Å². The monoisotopic (exact) mass is 344 g/mol. The van der Waals surface area contributed by atoms with Crippen molar-refractivity contribution in [3.63, 3.8) is 0 Å². The topological polar surface area (TPSA) is 53.2 Å². The molecular formula is C22H20N2O2. The average molecular weight is 344 g/mol. The average Bonchev–Trinajstić information content (AvgIpc) is 3.10. The molecular weight excluding hydrogens is 324 g/mol. The third-order valence-corrected chi connectivity index (χ3v) is 4.95. The van der Waals surface area contributed by atoms with E-state index in [2.05, 4.69) is 4.98 Å². The van der Waals surface area contributed by atoms with E-state index in [9.17, 15) is 9.59 Å². The van der Waals surface area contributed by atoms with Crippen molar-refractivity contribution in [2.75, 3.05) is 6.54 Å². The first-order valence-electron chi connectivity index (χ1n) is 8.79. The lowest BCUT2D eigenvalue weighted by Gasteiger charge is -2.27. The van der Waals surface area contributed by atoms with Crippen LogP contribution in [0.25, 0.3) is 0 Å². The van der Waals surface area contributed by atoms with Gasteiger partial charge in [-0.05, 0) is 18.1 Å². The number of ketones is 1. The lowest BCUT2D eigenvalue weighted by Crippen LogP contribution is -2.37. The number of aryl methyl sites for hydroxylation is 1. The second-order valence-corrected chi connectivity index (χ2v) is 6.66. The van der Waals surface area contributed by atoms with Gasteiger partial charge in [0.2, 0.25) is 0 Å². The van der Waals surface area contributed by atoms with Crippen LogP contribution in [-0.2, 0) is 13.0 Å². The Morgan fingerprint density at radius 2 is 1.77 bits per heavy atom. The summed E-state index contributed by atoms with van der Waals surface area (Å²) in [7, 11) is 0. The molecule has 0 fully saturated rings. The van der Waals surface area contributed by atoms with E-state index in [0.29, 0.717) is 29.8 Å². The van der Waals surface area contributed by atoms with E-state index < -0.39 is 0 Å². The van der Waals surface area contributed by atoms with E-state index in [1.54, 1.807) is 6.20 Å². The maximum Gasteiger partial charge on any atom is 0.256 e. The minimum absolute atomic E-state index is 0.0757. The molecule has 0 spiro atoms. The summed E-state index contributed by atoms with van der Waals surface area (Å²) >= 11 is 0. The van der Waals surface area contributed by atoms with Crippen molar-refractivity contribution < 1.29 is 9.59 Å². The van der Waals surface area contributed by atoms with Crippen LogP contribution in [-0.4, -0.2) is 28.1 Å². The van der Waals surface area contributed by atoms with Gasteiger partial charge in [-0.15, -0.1) is 0 Å². The maximum atomic E-state index is 13.1. The molecule has 2 aromatic carbocycles. The summed E-state index contributed by atoms with van der Waals surface area (Å²) in [6, 6.07) is 17.4. The molecule has 0 atom stereocenters. The van der Waals surface area contributed by atoms with Crippen LogP contribution in [0.3, 0.4) is 0 Å². The van der Waals surface area contributed by atoms with Crippen LogP contribution in [0.2, 0.25) is 0 Å². The third-order valence-electron chi connectivity index (χ3n) is 4.95. The second-order valence-electron chi connectivity index (χ2n) is 6.66. The summed E-state index contributed by atoms with van der Waals surface area (Å²) in [4.78, 5) is 31.1. The largest absolute Gasteiger partial charge is 0.364 e. The van der Waals surface area contributed by atoms with Crippen molar-refractivity contribution in [2.24, 2.45) is 0 Å². The predicted octanol–water partition coefficient (Wildman–Crippen LogP) is 3.75. The third kappa shape index (κ3) is 2.84. The van der Waals surface area contributed by atoms with E-state index >= 15 is 0 Å². The number of hydrogen-bond donors (Lipinski definition) is 1.